The van der Waals surface area contributed by atoms with E-state index < -0.39 is 43.1 Å². The zero-order valence-corrected chi connectivity index (χ0v) is 20.6. The van der Waals surface area contributed by atoms with Gasteiger partial charge < -0.3 is 34.5 Å². The average Bonchev–Trinajstić information content (AvgIpc) is 3.20. The Bertz CT molecular complexity index is 1090. The molecule has 0 saturated carbocycles. The van der Waals surface area contributed by atoms with Gasteiger partial charge in [0.25, 0.3) is 0 Å². The molecule has 2 aromatic rings. The summed E-state index contributed by atoms with van der Waals surface area (Å²) in [4.78, 5) is 17.7. The third kappa shape index (κ3) is 4.58. The number of aliphatic hydroxyl groups is 3. The summed E-state index contributed by atoms with van der Waals surface area (Å²) in [6.45, 7) is 8.11. The lowest BCUT2D eigenvalue weighted by atomic mass is 9.93. The van der Waals surface area contributed by atoms with Gasteiger partial charge in [0.05, 0.1) is 11.7 Å². The van der Waals surface area contributed by atoms with Gasteiger partial charge in [-0.25, -0.2) is 4.98 Å². The number of aromatic nitrogens is 3. The van der Waals surface area contributed by atoms with Gasteiger partial charge in [-0.2, -0.15) is 0 Å². The summed E-state index contributed by atoms with van der Waals surface area (Å²) in [5.74, 6) is 0. The first kappa shape index (κ1) is 25.5. The standard InChI is InChI=1S/C20H32N3O7PS/c1-6-19(4,30-31(27,28)20(5,26)7-2)8-13-14(24)15(25)17(29-13)23-10-12-11(3)9-21-16(12)22-18(23)32/h9-10,13-15,17,24-26H,6-8H2,1-5H3,(H,27,28)(H,21,22,32)/t13-,14?,15+,17-,19?,20?/m1/s1. The van der Waals surface area contributed by atoms with Crippen LogP contribution in [0.1, 0.15) is 58.7 Å². The van der Waals surface area contributed by atoms with Crippen molar-refractivity contribution in [1.29, 1.82) is 0 Å². The Balaban J connectivity index is 1.86. The highest BCUT2D eigenvalue weighted by atomic mass is 32.1. The zero-order chi connectivity index (χ0) is 24.1. The normalized spacial score (nSPS) is 29.5. The molecule has 1 aliphatic rings. The summed E-state index contributed by atoms with van der Waals surface area (Å²) in [6, 6.07) is 0. The molecular weight excluding hydrogens is 457 g/mol. The third-order valence-corrected chi connectivity index (χ3v) is 8.94. The molecule has 0 spiro atoms. The Labute approximate surface area is 191 Å². The van der Waals surface area contributed by atoms with Crippen LogP contribution < -0.4 is 0 Å². The van der Waals surface area contributed by atoms with Gasteiger partial charge in [0.1, 0.15) is 17.9 Å². The maximum atomic E-state index is 12.7. The molecule has 3 rings (SSSR count). The van der Waals surface area contributed by atoms with E-state index in [4.69, 9.17) is 21.5 Å². The van der Waals surface area contributed by atoms with Crippen molar-refractivity contribution in [3.05, 3.63) is 22.7 Å². The summed E-state index contributed by atoms with van der Waals surface area (Å²) in [5, 5.41) is 30.6. The lowest BCUT2D eigenvalue weighted by Gasteiger charge is -2.37. The molecule has 32 heavy (non-hydrogen) atoms. The van der Waals surface area contributed by atoms with Crippen LogP contribution >= 0.6 is 19.8 Å². The van der Waals surface area contributed by atoms with E-state index in [0.29, 0.717) is 12.1 Å². The summed E-state index contributed by atoms with van der Waals surface area (Å²) < 4.78 is 25.9. The SMILES string of the molecule is CCC(C)(C[C@H]1O[C@@H](n2cc3c(C)c[nH]c3nc2=S)[C@@H](O)C1O)OP(=O)(O)C(C)(O)CC. The first-order valence-corrected chi connectivity index (χ1v) is 12.6. The highest BCUT2D eigenvalue weighted by molar-refractivity contribution is 7.71. The second-order valence-corrected chi connectivity index (χ2v) is 11.5. The van der Waals surface area contributed by atoms with E-state index in [1.807, 2.05) is 6.92 Å². The van der Waals surface area contributed by atoms with Crippen LogP contribution in [0, 0.1) is 11.7 Å². The van der Waals surface area contributed by atoms with Gasteiger partial charge in [0, 0.05) is 24.2 Å². The first-order chi connectivity index (χ1) is 14.7. The molecule has 1 aliphatic heterocycles. The van der Waals surface area contributed by atoms with E-state index in [0.717, 1.165) is 10.9 Å². The smallest absolute Gasteiger partial charge is 0.359 e. The van der Waals surface area contributed by atoms with Crippen LogP contribution in [0.3, 0.4) is 0 Å². The summed E-state index contributed by atoms with van der Waals surface area (Å²) in [6.07, 6.45) is -0.635. The molecule has 7 atom stereocenters. The van der Waals surface area contributed by atoms with Gasteiger partial charge in [-0.15, -0.1) is 0 Å². The van der Waals surface area contributed by atoms with E-state index in [1.165, 1.54) is 11.5 Å². The van der Waals surface area contributed by atoms with Gasteiger partial charge >= 0.3 is 7.60 Å². The molecule has 2 aromatic heterocycles. The van der Waals surface area contributed by atoms with Gasteiger partial charge in [-0.05, 0) is 51.4 Å². The molecule has 0 aliphatic carbocycles. The molecule has 12 heteroatoms. The molecule has 0 bridgehead atoms. The number of aryl methyl sites for hydroxylation is 1. The van der Waals surface area contributed by atoms with Gasteiger partial charge in [0.2, 0.25) is 4.77 Å². The number of hydrogen-bond donors (Lipinski definition) is 5. The van der Waals surface area contributed by atoms with Crippen LogP contribution in [-0.4, -0.2) is 64.0 Å². The number of nitrogens with zero attached hydrogens (tertiary/aromatic N) is 2. The van der Waals surface area contributed by atoms with Crippen molar-refractivity contribution in [2.75, 3.05) is 0 Å². The van der Waals surface area contributed by atoms with E-state index in [2.05, 4.69) is 9.97 Å². The van der Waals surface area contributed by atoms with Gasteiger partial charge in [0.15, 0.2) is 11.6 Å². The molecule has 0 aromatic carbocycles. The van der Waals surface area contributed by atoms with Crippen LogP contribution in [-0.2, 0) is 13.8 Å². The largest absolute Gasteiger partial charge is 0.388 e. The van der Waals surface area contributed by atoms with E-state index in [9.17, 15) is 24.8 Å². The maximum absolute atomic E-state index is 12.7. The maximum Gasteiger partial charge on any atom is 0.359 e. The minimum absolute atomic E-state index is 0.00868. The molecule has 3 heterocycles. The zero-order valence-electron chi connectivity index (χ0n) is 18.8. The quantitative estimate of drug-likeness (QED) is 0.279. The van der Waals surface area contributed by atoms with Crippen molar-refractivity contribution in [2.24, 2.45) is 0 Å². The fourth-order valence-corrected chi connectivity index (χ4v) is 5.35. The minimum Gasteiger partial charge on any atom is -0.388 e. The number of nitrogens with one attached hydrogen (secondary N) is 1. The number of hydrogen-bond acceptors (Lipinski definition) is 8. The van der Waals surface area contributed by atoms with Gasteiger partial charge in [-0.3, -0.25) is 9.13 Å². The van der Waals surface area contributed by atoms with E-state index in [-0.39, 0.29) is 17.6 Å². The number of H-pyrrole nitrogens is 1. The Kier molecular flexibility index (Phi) is 7.07. The summed E-state index contributed by atoms with van der Waals surface area (Å²) in [5.41, 5.74) is 0.348. The third-order valence-electron chi connectivity index (χ3n) is 6.42. The average molecular weight is 490 g/mol. The second-order valence-electron chi connectivity index (χ2n) is 8.90. The molecule has 0 amide bonds. The number of aromatic amines is 1. The molecular formula is C20H32N3O7PS. The minimum atomic E-state index is -4.41. The predicted octanol–water partition coefficient (Wildman–Crippen LogP) is 2.90. The van der Waals surface area contributed by atoms with Gasteiger partial charge in [-0.1, -0.05) is 13.8 Å². The molecule has 180 valence electrons. The Morgan fingerprint density at radius 1 is 1.31 bits per heavy atom. The molecule has 1 fully saturated rings. The van der Waals surface area contributed by atoms with Crippen LogP contribution in [0.25, 0.3) is 11.0 Å². The van der Waals surface area contributed by atoms with Crippen LogP contribution in [0.2, 0.25) is 0 Å². The lowest BCUT2D eigenvalue weighted by Crippen LogP contribution is -2.40. The van der Waals surface area contributed by atoms with Crippen molar-refractivity contribution in [3.63, 3.8) is 0 Å². The number of fused-ring (bicyclic) bond motifs is 1. The fourth-order valence-electron chi connectivity index (χ4n) is 3.70. The topological polar surface area (TPSA) is 150 Å². The van der Waals surface area contributed by atoms with Crippen LogP contribution in [0.15, 0.2) is 12.4 Å². The van der Waals surface area contributed by atoms with E-state index >= 15 is 0 Å². The Hall–Kier alpha value is -1.17. The fraction of sp³-hybridized carbons (Fsp3) is 0.700. The summed E-state index contributed by atoms with van der Waals surface area (Å²) >= 11 is 5.35. The molecule has 4 unspecified atom stereocenters. The lowest BCUT2D eigenvalue weighted by molar-refractivity contribution is -0.0707. The first-order valence-electron chi connectivity index (χ1n) is 10.6. The highest BCUT2D eigenvalue weighted by Crippen LogP contribution is 2.59. The number of aliphatic hydroxyl groups excluding tert-OH is 2. The van der Waals surface area contributed by atoms with Crippen molar-refractivity contribution >= 4 is 30.8 Å². The Morgan fingerprint density at radius 3 is 2.56 bits per heavy atom. The van der Waals surface area contributed by atoms with Crippen molar-refractivity contribution in [3.8, 4) is 0 Å². The van der Waals surface area contributed by atoms with E-state index in [1.54, 1.807) is 33.2 Å². The van der Waals surface area contributed by atoms with Crippen LogP contribution in [0.4, 0.5) is 0 Å². The molecule has 1 saturated heterocycles. The Morgan fingerprint density at radius 2 is 1.97 bits per heavy atom. The molecule has 5 N–H and O–H groups in total. The second kappa shape index (κ2) is 8.88. The number of rotatable bonds is 8. The van der Waals surface area contributed by atoms with Crippen molar-refractivity contribution in [1.82, 2.24) is 14.5 Å². The number of ether oxygens (including phenoxy) is 1. The van der Waals surface area contributed by atoms with Crippen molar-refractivity contribution < 1.29 is 34.0 Å². The predicted molar refractivity (Wildman–Crippen MR) is 121 cm³/mol. The molecule has 0 radical (unpaired) electrons. The highest BCUT2D eigenvalue weighted by Gasteiger charge is 2.50. The monoisotopic (exact) mass is 489 g/mol. The van der Waals surface area contributed by atoms with Crippen LogP contribution in [0.5, 0.6) is 0 Å². The molecule has 10 nitrogen and oxygen atoms in total. The van der Waals surface area contributed by atoms with Crippen molar-refractivity contribution in [2.45, 2.75) is 89.4 Å². The summed E-state index contributed by atoms with van der Waals surface area (Å²) in [7, 11) is -4.41.